The first-order valence-electron chi connectivity index (χ1n) is 10.3. The second kappa shape index (κ2) is 9.49. The van der Waals surface area contributed by atoms with E-state index in [-0.39, 0.29) is 39.7 Å². The van der Waals surface area contributed by atoms with E-state index in [1.807, 2.05) is 0 Å². The van der Waals surface area contributed by atoms with Gasteiger partial charge < -0.3 is 48.9 Å². The highest BCUT2D eigenvalue weighted by Crippen LogP contribution is 2.35. The molecule has 0 amide bonds. The molecule has 1 saturated heterocycles. The number of fused-ring (bicyclic) bond motifs is 1. The molecular formula is C23H24O11. The third kappa shape index (κ3) is 4.27. The molecule has 1 aromatic heterocycles. The molecule has 11 heteroatoms. The van der Waals surface area contributed by atoms with Crippen LogP contribution in [-0.4, -0.2) is 77.1 Å². The van der Waals surface area contributed by atoms with Gasteiger partial charge in [0.15, 0.2) is 16.9 Å². The van der Waals surface area contributed by atoms with Crippen LogP contribution in [0.1, 0.15) is 0 Å². The summed E-state index contributed by atoms with van der Waals surface area (Å²) in [6, 6.07) is 8.48. The van der Waals surface area contributed by atoms with E-state index in [1.165, 1.54) is 44.6 Å². The normalized spacial score (nSPS) is 24.7. The van der Waals surface area contributed by atoms with E-state index in [0.717, 1.165) is 0 Å². The van der Waals surface area contributed by atoms with Gasteiger partial charge in [0.1, 0.15) is 52.6 Å². The fraction of sp³-hybridized carbons (Fsp3) is 0.348. The molecule has 11 nitrogen and oxygen atoms in total. The van der Waals surface area contributed by atoms with Gasteiger partial charge in [0.25, 0.3) is 0 Å². The highest BCUT2D eigenvalue weighted by atomic mass is 16.7. The maximum Gasteiger partial charge on any atom is 0.229 e. The molecule has 34 heavy (non-hydrogen) atoms. The monoisotopic (exact) mass is 476 g/mol. The molecule has 4 rings (SSSR count). The SMILES string of the molecule is COc1cc(-c2cc(=O)c3c(OC)cc(OC4OC(CO)C(O)C(O)C4O)cc3o2)ccc1O. The highest BCUT2D eigenvalue weighted by molar-refractivity contribution is 5.86. The number of methoxy groups -OCH3 is 2. The molecular weight excluding hydrogens is 452 g/mol. The van der Waals surface area contributed by atoms with E-state index in [4.69, 9.17) is 23.4 Å². The maximum absolute atomic E-state index is 12.9. The van der Waals surface area contributed by atoms with Gasteiger partial charge in [-0.1, -0.05) is 0 Å². The molecule has 5 N–H and O–H groups in total. The predicted molar refractivity (Wildman–Crippen MR) is 117 cm³/mol. The van der Waals surface area contributed by atoms with Gasteiger partial charge in [-0.15, -0.1) is 0 Å². The summed E-state index contributed by atoms with van der Waals surface area (Å²) < 4.78 is 27.4. The van der Waals surface area contributed by atoms with Crippen LogP contribution in [0, 0.1) is 0 Å². The second-order valence-corrected chi connectivity index (χ2v) is 7.68. The zero-order valence-corrected chi connectivity index (χ0v) is 18.2. The van der Waals surface area contributed by atoms with Gasteiger partial charge in [-0.2, -0.15) is 0 Å². The smallest absolute Gasteiger partial charge is 0.229 e. The van der Waals surface area contributed by atoms with Gasteiger partial charge in [-0.3, -0.25) is 4.79 Å². The van der Waals surface area contributed by atoms with E-state index in [9.17, 15) is 30.3 Å². The van der Waals surface area contributed by atoms with Crippen LogP contribution in [0.25, 0.3) is 22.3 Å². The summed E-state index contributed by atoms with van der Waals surface area (Å²) in [7, 11) is 2.74. The summed E-state index contributed by atoms with van der Waals surface area (Å²) in [5.74, 6) is 0.490. The Labute approximate surface area is 192 Å². The zero-order chi connectivity index (χ0) is 24.6. The van der Waals surface area contributed by atoms with Crippen LogP contribution in [0.15, 0.2) is 45.6 Å². The standard InChI is InChI=1S/C23H24O11/c1-30-15-5-10(3-4-12(15)25)14-8-13(26)19-16(31-2)6-11(7-17(19)33-14)32-23-22(29)21(28)20(27)18(9-24)34-23/h3-8,18,20-25,27-29H,9H2,1-2H3. The lowest BCUT2D eigenvalue weighted by Gasteiger charge is -2.39. The van der Waals surface area contributed by atoms with Crippen LogP contribution >= 0.6 is 0 Å². The van der Waals surface area contributed by atoms with Crippen LogP contribution in [0.5, 0.6) is 23.0 Å². The summed E-state index contributed by atoms with van der Waals surface area (Å²) in [6.07, 6.45) is -7.36. The molecule has 5 atom stereocenters. The quantitative estimate of drug-likeness (QED) is 0.333. The Kier molecular flexibility index (Phi) is 6.64. The Bertz CT molecular complexity index is 1240. The summed E-state index contributed by atoms with van der Waals surface area (Å²) in [5, 5.41) is 49.5. The molecule has 1 aliphatic rings. The molecule has 0 bridgehead atoms. The van der Waals surface area contributed by atoms with Gasteiger partial charge in [-0.05, 0) is 18.2 Å². The van der Waals surface area contributed by atoms with Crippen molar-refractivity contribution in [2.45, 2.75) is 30.7 Å². The van der Waals surface area contributed by atoms with E-state index >= 15 is 0 Å². The summed E-state index contributed by atoms with van der Waals surface area (Å²) in [6.45, 7) is -0.611. The number of hydrogen-bond donors (Lipinski definition) is 5. The fourth-order valence-corrected chi connectivity index (χ4v) is 3.73. The van der Waals surface area contributed by atoms with Gasteiger partial charge in [0.2, 0.25) is 6.29 Å². The molecule has 0 radical (unpaired) electrons. The number of phenols is 1. The van der Waals surface area contributed by atoms with Crippen molar-refractivity contribution >= 4 is 11.0 Å². The summed E-state index contributed by atoms with van der Waals surface area (Å²) in [5.41, 5.74) is 0.154. The van der Waals surface area contributed by atoms with E-state index < -0.39 is 42.7 Å². The topological polar surface area (TPSA) is 168 Å². The average molecular weight is 476 g/mol. The number of ether oxygens (including phenoxy) is 4. The zero-order valence-electron chi connectivity index (χ0n) is 18.2. The summed E-state index contributed by atoms with van der Waals surface area (Å²) >= 11 is 0. The van der Waals surface area contributed by atoms with Crippen molar-refractivity contribution in [3.05, 3.63) is 46.6 Å². The third-order valence-electron chi connectivity index (χ3n) is 5.55. The van der Waals surface area contributed by atoms with Crippen molar-refractivity contribution in [2.75, 3.05) is 20.8 Å². The Morgan fingerprint density at radius 3 is 2.35 bits per heavy atom. The van der Waals surface area contributed by atoms with Crippen LogP contribution in [0.2, 0.25) is 0 Å². The van der Waals surface area contributed by atoms with Crippen molar-refractivity contribution < 1.29 is 48.9 Å². The van der Waals surface area contributed by atoms with Crippen LogP contribution in [0.4, 0.5) is 0 Å². The minimum atomic E-state index is -1.62. The number of hydrogen-bond acceptors (Lipinski definition) is 11. The number of phenolic OH excluding ortho intramolecular Hbond substituents is 1. The van der Waals surface area contributed by atoms with Gasteiger partial charge >= 0.3 is 0 Å². The second-order valence-electron chi connectivity index (χ2n) is 7.68. The lowest BCUT2D eigenvalue weighted by Crippen LogP contribution is -2.60. The third-order valence-corrected chi connectivity index (χ3v) is 5.55. The minimum Gasteiger partial charge on any atom is -0.504 e. The predicted octanol–water partition coefficient (Wildman–Crippen LogP) is 0.361. The Morgan fingerprint density at radius 1 is 0.941 bits per heavy atom. The minimum absolute atomic E-state index is 0.0669. The molecule has 2 heterocycles. The molecule has 1 fully saturated rings. The lowest BCUT2D eigenvalue weighted by molar-refractivity contribution is -0.277. The van der Waals surface area contributed by atoms with Crippen molar-refractivity contribution in [3.8, 4) is 34.3 Å². The van der Waals surface area contributed by atoms with E-state index in [2.05, 4.69) is 0 Å². The van der Waals surface area contributed by atoms with Crippen molar-refractivity contribution in [1.82, 2.24) is 0 Å². The molecule has 0 saturated carbocycles. The molecule has 0 aliphatic carbocycles. The van der Waals surface area contributed by atoms with E-state index in [1.54, 1.807) is 6.07 Å². The molecule has 1 aliphatic heterocycles. The Morgan fingerprint density at radius 2 is 1.68 bits per heavy atom. The molecule has 3 aromatic rings. The van der Waals surface area contributed by atoms with Crippen LogP contribution < -0.4 is 19.6 Å². The fourth-order valence-electron chi connectivity index (χ4n) is 3.73. The Balaban J connectivity index is 1.75. The number of aliphatic hydroxyl groups excluding tert-OH is 4. The van der Waals surface area contributed by atoms with Crippen molar-refractivity contribution in [1.29, 1.82) is 0 Å². The molecule has 2 aromatic carbocycles. The summed E-state index contributed by atoms with van der Waals surface area (Å²) in [4.78, 5) is 12.9. The number of aliphatic hydroxyl groups is 4. The highest BCUT2D eigenvalue weighted by Gasteiger charge is 2.44. The van der Waals surface area contributed by atoms with Crippen molar-refractivity contribution in [3.63, 3.8) is 0 Å². The first-order valence-corrected chi connectivity index (χ1v) is 10.3. The number of rotatable bonds is 6. The van der Waals surface area contributed by atoms with E-state index in [0.29, 0.717) is 5.56 Å². The van der Waals surface area contributed by atoms with Gasteiger partial charge in [-0.25, -0.2) is 0 Å². The van der Waals surface area contributed by atoms with Crippen LogP contribution in [0.3, 0.4) is 0 Å². The first-order chi connectivity index (χ1) is 16.3. The molecule has 0 spiro atoms. The average Bonchev–Trinajstić information content (AvgIpc) is 2.83. The molecule has 5 unspecified atom stereocenters. The number of aromatic hydroxyl groups is 1. The Hall–Kier alpha value is -3.35. The van der Waals surface area contributed by atoms with Crippen molar-refractivity contribution in [2.24, 2.45) is 0 Å². The van der Waals surface area contributed by atoms with Gasteiger partial charge in [0, 0.05) is 23.8 Å². The number of benzene rings is 2. The molecule has 182 valence electrons. The first kappa shape index (κ1) is 23.8. The maximum atomic E-state index is 12.9. The lowest BCUT2D eigenvalue weighted by atomic mass is 9.99. The van der Waals surface area contributed by atoms with Gasteiger partial charge in [0.05, 0.1) is 20.8 Å². The van der Waals surface area contributed by atoms with Crippen LogP contribution in [-0.2, 0) is 4.74 Å². The largest absolute Gasteiger partial charge is 0.504 e.